The second-order valence-corrected chi connectivity index (χ2v) is 4.14. The summed E-state index contributed by atoms with van der Waals surface area (Å²) in [6.45, 7) is 4.11. The first-order valence-corrected chi connectivity index (χ1v) is 5.87. The van der Waals surface area contributed by atoms with Gasteiger partial charge in [-0.3, -0.25) is 0 Å². The fraction of sp³-hybridized carbons (Fsp3) is 0. The normalized spacial score (nSPS) is 10.4. The minimum Gasteiger partial charge on any atom is -0.248 e. The molecule has 0 atom stereocenters. The summed E-state index contributed by atoms with van der Waals surface area (Å²) in [5.74, 6) is 0. The van der Waals surface area contributed by atoms with E-state index in [1.807, 2.05) is 48.5 Å². The molecule has 2 aromatic carbocycles. The smallest absolute Gasteiger partial charge is 0.0710 e. The Morgan fingerprint density at radius 2 is 1.78 bits per heavy atom. The van der Waals surface area contributed by atoms with Crippen LogP contribution in [0.3, 0.4) is 0 Å². The second kappa shape index (κ2) is 4.46. The zero-order valence-corrected chi connectivity index (χ0v) is 9.93. The maximum atomic E-state index is 4.63. The van der Waals surface area contributed by atoms with Crippen LogP contribution in [-0.4, -0.2) is 4.98 Å². The predicted molar refractivity (Wildman–Crippen MR) is 75.2 cm³/mol. The lowest BCUT2D eigenvalue weighted by Gasteiger charge is -2.06. The maximum Gasteiger partial charge on any atom is 0.0710 e. The summed E-state index contributed by atoms with van der Waals surface area (Å²) in [5, 5.41) is 1.14. The largest absolute Gasteiger partial charge is 0.248 e. The number of aromatic nitrogens is 1. The molecule has 0 unspecified atom stereocenters. The van der Waals surface area contributed by atoms with Crippen molar-refractivity contribution in [1.29, 1.82) is 0 Å². The van der Waals surface area contributed by atoms with E-state index in [2.05, 4.69) is 29.8 Å². The average molecular weight is 230 g/mol. The van der Waals surface area contributed by atoms with E-state index in [1.165, 1.54) is 0 Å². The molecule has 85 valence electrons. The number of para-hydroxylation sites is 1. The highest BCUT2D eigenvalue weighted by Crippen LogP contribution is 2.21. The van der Waals surface area contributed by atoms with E-state index in [0.717, 1.165) is 27.7 Å². The fourth-order valence-corrected chi connectivity index (χ4v) is 1.95. The number of pyridine rings is 1. The van der Waals surface area contributed by atoms with Crippen LogP contribution < -0.4 is 0 Å². The Labute approximate surface area is 106 Å². The minimum absolute atomic E-state index is 0.899. The van der Waals surface area contributed by atoms with E-state index in [9.17, 15) is 0 Å². The topological polar surface area (TPSA) is 12.9 Å². The molecule has 0 bridgehead atoms. The van der Waals surface area contributed by atoms with Gasteiger partial charge in [-0.25, -0.2) is 4.98 Å². The van der Waals surface area contributed by atoms with Crippen LogP contribution in [0.2, 0.25) is 0 Å². The SMILES string of the molecule is C=C(c1[c]cccc1)c1ccc2ccccc2n1. The van der Waals surface area contributed by atoms with E-state index in [1.54, 1.807) is 0 Å². The highest BCUT2D eigenvalue weighted by atomic mass is 14.7. The molecule has 1 nitrogen and oxygen atoms in total. The molecule has 0 amide bonds. The quantitative estimate of drug-likeness (QED) is 0.646. The lowest BCUT2D eigenvalue weighted by atomic mass is 10.0. The lowest BCUT2D eigenvalue weighted by Crippen LogP contribution is -1.91. The van der Waals surface area contributed by atoms with Crippen LogP contribution in [0.4, 0.5) is 0 Å². The Morgan fingerprint density at radius 1 is 0.944 bits per heavy atom. The molecule has 18 heavy (non-hydrogen) atoms. The molecule has 0 N–H and O–H groups in total. The molecule has 0 saturated heterocycles. The van der Waals surface area contributed by atoms with Crippen molar-refractivity contribution < 1.29 is 0 Å². The molecule has 3 aromatic rings. The van der Waals surface area contributed by atoms with Crippen molar-refractivity contribution in [2.45, 2.75) is 0 Å². The molecule has 1 aromatic heterocycles. The van der Waals surface area contributed by atoms with Crippen molar-refractivity contribution in [3.63, 3.8) is 0 Å². The Kier molecular flexibility index (Phi) is 2.66. The molecule has 1 radical (unpaired) electrons. The van der Waals surface area contributed by atoms with E-state index < -0.39 is 0 Å². The Hall–Kier alpha value is -2.41. The molecule has 0 aliphatic rings. The Balaban J connectivity index is 2.07. The Morgan fingerprint density at radius 3 is 2.61 bits per heavy atom. The molecule has 0 aliphatic carbocycles. The van der Waals surface area contributed by atoms with Crippen molar-refractivity contribution in [3.05, 3.63) is 84.6 Å². The summed E-state index contributed by atoms with van der Waals surface area (Å²) in [7, 11) is 0. The summed E-state index contributed by atoms with van der Waals surface area (Å²) < 4.78 is 0. The lowest BCUT2D eigenvalue weighted by molar-refractivity contribution is 1.34. The molecule has 1 heterocycles. The van der Waals surface area contributed by atoms with E-state index in [0.29, 0.717) is 0 Å². The van der Waals surface area contributed by atoms with E-state index in [-0.39, 0.29) is 0 Å². The van der Waals surface area contributed by atoms with Gasteiger partial charge in [0.15, 0.2) is 0 Å². The van der Waals surface area contributed by atoms with Crippen molar-refractivity contribution >= 4 is 16.5 Å². The maximum absolute atomic E-state index is 4.63. The van der Waals surface area contributed by atoms with Gasteiger partial charge in [0, 0.05) is 11.0 Å². The van der Waals surface area contributed by atoms with Crippen LogP contribution in [0.1, 0.15) is 11.3 Å². The number of rotatable bonds is 2. The minimum atomic E-state index is 0.899. The standard InChI is InChI=1S/C17H12N/c1-13(14-7-3-2-4-8-14)16-12-11-15-9-5-6-10-17(15)18-16/h2-7,9-12H,1H2. The first-order chi connectivity index (χ1) is 8.84. The van der Waals surface area contributed by atoms with Crippen LogP contribution in [0.15, 0.2) is 67.2 Å². The first-order valence-electron chi connectivity index (χ1n) is 5.87. The van der Waals surface area contributed by atoms with Crippen molar-refractivity contribution in [2.75, 3.05) is 0 Å². The summed E-state index contributed by atoms with van der Waals surface area (Å²) in [6, 6.07) is 23.2. The average Bonchev–Trinajstić information content (AvgIpc) is 2.47. The Bertz CT molecular complexity index is 699. The number of hydrogen-bond donors (Lipinski definition) is 0. The van der Waals surface area contributed by atoms with Gasteiger partial charge in [-0.2, -0.15) is 0 Å². The van der Waals surface area contributed by atoms with Gasteiger partial charge in [-0.1, -0.05) is 55.1 Å². The van der Waals surface area contributed by atoms with Gasteiger partial charge in [0.2, 0.25) is 0 Å². The zero-order valence-electron chi connectivity index (χ0n) is 9.93. The van der Waals surface area contributed by atoms with Crippen LogP contribution >= 0.6 is 0 Å². The van der Waals surface area contributed by atoms with Gasteiger partial charge in [-0.15, -0.1) is 0 Å². The monoisotopic (exact) mass is 230 g/mol. The molecule has 0 aliphatic heterocycles. The van der Waals surface area contributed by atoms with Gasteiger partial charge in [0.05, 0.1) is 11.2 Å². The molecule has 0 spiro atoms. The number of fused-ring (bicyclic) bond motifs is 1. The summed E-state index contributed by atoms with van der Waals surface area (Å²) in [5.41, 5.74) is 3.78. The van der Waals surface area contributed by atoms with Crippen LogP contribution in [0.5, 0.6) is 0 Å². The third-order valence-corrected chi connectivity index (χ3v) is 2.94. The first kappa shape index (κ1) is 10.7. The molecule has 0 fully saturated rings. The number of nitrogens with zero attached hydrogens (tertiary/aromatic N) is 1. The van der Waals surface area contributed by atoms with E-state index >= 15 is 0 Å². The van der Waals surface area contributed by atoms with Crippen molar-refractivity contribution in [1.82, 2.24) is 4.98 Å². The van der Waals surface area contributed by atoms with Crippen molar-refractivity contribution in [2.24, 2.45) is 0 Å². The van der Waals surface area contributed by atoms with Gasteiger partial charge in [-0.05, 0) is 23.8 Å². The van der Waals surface area contributed by atoms with Crippen LogP contribution in [0, 0.1) is 6.07 Å². The third-order valence-electron chi connectivity index (χ3n) is 2.94. The highest BCUT2D eigenvalue weighted by molar-refractivity contribution is 5.83. The van der Waals surface area contributed by atoms with Crippen LogP contribution in [0.25, 0.3) is 16.5 Å². The summed E-state index contributed by atoms with van der Waals surface area (Å²) in [6.07, 6.45) is 0. The molecule has 0 saturated carbocycles. The summed E-state index contributed by atoms with van der Waals surface area (Å²) >= 11 is 0. The molecule has 3 rings (SSSR count). The zero-order chi connectivity index (χ0) is 12.4. The fourth-order valence-electron chi connectivity index (χ4n) is 1.95. The van der Waals surface area contributed by atoms with Gasteiger partial charge < -0.3 is 0 Å². The number of benzene rings is 2. The predicted octanol–water partition coefficient (Wildman–Crippen LogP) is 4.10. The third kappa shape index (κ3) is 1.91. The molecular weight excluding hydrogens is 218 g/mol. The van der Waals surface area contributed by atoms with Crippen molar-refractivity contribution in [3.8, 4) is 0 Å². The highest BCUT2D eigenvalue weighted by Gasteiger charge is 2.04. The second-order valence-electron chi connectivity index (χ2n) is 4.14. The van der Waals surface area contributed by atoms with Crippen LogP contribution in [-0.2, 0) is 0 Å². The van der Waals surface area contributed by atoms with Gasteiger partial charge in [0.1, 0.15) is 0 Å². The molecule has 1 heteroatoms. The van der Waals surface area contributed by atoms with E-state index in [4.69, 9.17) is 0 Å². The molecular formula is C17H12N. The van der Waals surface area contributed by atoms with Gasteiger partial charge in [0.25, 0.3) is 0 Å². The summed E-state index contributed by atoms with van der Waals surface area (Å²) in [4.78, 5) is 4.63. The number of hydrogen-bond acceptors (Lipinski definition) is 1. The van der Waals surface area contributed by atoms with Gasteiger partial charge >= 0.3 is 0 Å².